The molecule has 0 bridgehead atoms. The van der Waals surface area contributed by atoms with Crippen molar-refractivity contribution in [3.8, 4) is 28.5 Å². The second kappa shape index (κ2) is 8.75. The van der Waals surface area contributed by atoms with E-state index in [9.17, 15) is 4.79 Å². The monoisotopic (exact) mass is 398 g/mol. The molecule has 0 aliphatic carbocycles. The summed E-state index contributed by atoms with van der Waals surface area (Å²) < 4.78 is 20.1. The molecule has 146 valence electrons. The van der Waals surface area contributed by atoms with E-state index in [2.05, 4.69) is 9.69 Å². The minimum Gasteiger partial charge on any atom is -0.497 e. The highest BCUT2D eigenvalue weighted by Gasteiger charge is 2.16. The fourth-order valence-corrected chi connectivity index (χ4v) is 3.41. The highest BCUT2D eigenvalue weighted by atomic mass is 32.1. The zero-order chi connectivity index (χ0) is 20.1. The Labute approximate surface area is 168 Å². The smallest absolute Gasteiger partial charge is 0.263 e. The molecule has 1 heterocycles. The van der Waals surface area contributed by atoms with Crippen LogP contribution in [0.5, 0.6) is 17.2 Å². The molecule has 7 heteroatoms. The van der Waals surface area contributed by atoms with Gasteiger partial charge in [0.1, 0.15) is 10.6 Å². The molecule has 0 unspecified atom stereocenters. The Morgan fingerprint density at radius 2 is 1.68 bits per heavy atom. The highest BCUT2D eigenvalue weighted by Crippen LogP contribution is 2.30. The highest BCUT2D eigenvalue weighted by molar-refractivity contribution is 7.08. The third-order valence-corrected chi connectivity index (χ3v) is 5.16. The largest absolute Gasteiger partial charge is 0.497 e. The Bertz CT molecular complexity index is 953. The summed E-state index contributed by atoms with van der Waals surface area (Å²) in [5, 5.41) is 3.00. The van der Waals surface area contributed by atoms with Crippen molar-refractivity contribution in [2.45, 2.75) is 13.0 Å². The molecular weight excluding hydrogens is 376 g/mol. The number of amides is 1. The zero-order valence-corrected chi connectivity index (χ0v) is 17.0. The summed E-state index contributed by atoms with van der Waals surface area (Å²) in [7, 11) is 4.80. The summed E-state index contributed by atoms with van der Waals surface area (Å²) in [4.78, 5) is 13.2. The molecule has 1 N–H and O–H groups in total. The normalized spacial score (nSPS) is 11.6. The summed E-state index contributed by atoms with van der Waals surface area (Å²) >= 11 is 1.18. The molecule has 28 heavy (non-hydrogen) atoms. The number of aromatic nitrogens is 1. The van der Waals surface area contributed by atoms with Gasteiger partial charge in [-0.2, -0.15) is 4.37 Å². The first-order valence-electron chi connectivity index (χ1n) is 8.69. The van der Waals surface area contributed by atoms with Gasteiger partial charge in [0, 0.05) is 5.56 Å². The molecule has 3 aromatic rings. The summed E-state index contributed by atoms with van der Waals surface area (Å²) in [5.74, 6) is 1.89. The number of rotatable bonds is 7. The lowest BCUT2D eigenvalue weighted by Gasteiger charge is -2.16. The molecule has 1 atom stereocenters. The van der Waals surface area contributed by atoms with Crippen LogP contribution in [0.2, 0.25) is 0 Å². The molecule has 1 amide bonds. The minimum atomic E-state index is -0.196. The summed E-state index contributed by atoms with van der Waals surface area (Å²) in [6, 6.07) is 14.8. The van der Waals surface area contributed by atoms with Crippen molar-refractivity contribution < 1.29 is 19.0 Å². The molecule has 0 saturated carbocycles. The summed E-state index contributed by atoms with van der Waals surface area (Å²) in [6.07, 6.45) is 0. The van der Waals surface area contributed by atoms with Crippen LogP contribution in [0.15, 0.2) is 48.5 Å². The van der Waals surface area contributed by atoms with Gasteiger partial charge in [-0.25, -0.2) is 0 Å². The van der Waals surface area contributed by atoms with Crippen molar-refractivity contribution in [1.29, 1.82) is 0 Å². The number of nitrogens with one attached hydrogen (secondary N) is 1. The number of methoxy groups -OCH3 is 3. The molecule has 0 fully saturated rings. The first-order valence-corrected chi connectivity index (χ1v) is 9.47. The molecule has 6 nitrogen and oxygen atoms in total. The first-order chi connectivity index (χ1) is 13.5. The molecule has 0 radical (unpaired) electrons. The SMILES string of the molecule is COc1ccc(-c2cc(C(=O)N[C@H](C)c3ccc(OC)c(OC)c3)sn2)cc1. The van der Waals surface area contributed by atoms with Crippen LogP contribution in [-0.4, -0.2) is 31.6 Å². The second-order valence-electron chi connectivity index (χ2n) is 6.11. The predicted octanol–water partition coefficient (Wildman–Crippen LogP) is 4.33. The molecule has 2 aromatic carbocycles. The maximum Gasteiger partial charge on any atom is 0.263 e. The Balaban J connectivity index is 1.71. The molecule has 0 aliphatic rings. The molecular formula is C21H22N2O4S. The lowest BCUT2D eigenvalue weighted by molar-refractivity contribution is 0.0944. The lowest BCUT2D eigenvalue weighted by atomic mass is 10.1. The lowest BCUT2D eigenvalue weighted by Crippen LogP contribution is -2.25. The number of hydrogen-bond donors (Lipinski definition) is 1. The predicted molar refractivity (Wildman–Crippen MR) is 110 cm³/mol. The van der Waals surface area contributed by atoms with Crippen LogP contribution in [0.4, 0.5) is 0 Å². The minimum absolute atomic E-state index is 0.167. The van der Waals surface area contributed by atoms with Crippen LogP contribution in [-0.2, 0) is 0 Å². The summed E-state index contributed by atoms with van der Waals surface area (Å²) in [5.41, 5.74) is 2.62. The average Bonchev–Trinajstić information content (AvgIpc) is 3.23. The third kappa shape index (κ3) is 4.26. The van der Waals surface area contributed by atoms with E-state index in [1.165, 1.54) is 11.5 Å². The number of carbonyl (C=O) groups is 1. The van der Waals surface area contributed by atoms with Gasteiger partial charge in [-0.3, -0.25) is 4.79 Å². The van der Waals surface area contributed by atoms with Gasteiger partial charge in [0.25, 0.3) is 5.91 Å². The van der Waals surface area contributed by atoms with E-state index in [1.807, 2.05) is 49.4 Å². The molecule has 0 spiro atoms. The first kappa shape index (κ1) is 19.7. The third-order valence-electron chi connectivity index (χ3n) is 4.37. The zero-order valence-electron chi connectivity index (χ0n) is 16.2. The van der Waals surface area contributed by atoms with Gasteiger partial charge in [-0.15, -0.1) is 0 Å². The molecule has 0 saturated heterocycles. The van der Waals surface area contributed by atoms with Crippen LogP contribution >= 0.6 is 11.5 Å². The van der Waals surface area contributed by atoms with Gasteiger partial charge >= 0.3 is 0 Å². The fraction of sp³-hybridized carbons (Fsp3) is 0.238. The molecule has 1 aromatic heterocycles. The standard InChI is InChI=1S/C21H22N2O4S/c1-13(15-7-10-18(26-3)19(11-15)27-4)22-21(24)20-12-17(23-28-20)14-5-8-16(25-2)9-6-14/h5-13H,1-4H3,(H,22,24)/t13-/m1/s1. The topological polar surface area (TPSA) is 69.7 Å². The molecule has 3 rings (SSSR count). The van der Waals surface area contributed by atoms with E-state index in [4.69, 9.17) is 14.2 Å². The van der Waals surface area contributed by atoms with Gasteiger partial charge in [-0.05, 0) is 66.5 Å². The van der Waals surface area contributed by atoms with E-state index in [0.29, 0.717) is 16.4 Å². The Morgan fingerprint density at radius 3 is 2.32 bits per heavy atom. The number of carbonyl (C=O) groups excluding carboxylic acids is 1. The van der Waals surface area contributed by atoms with Gasteiger partial charge in [0.05, 0.1) is 33.1 Å². The van der Waals surface area contributed by atoms with Crippen LogP contribution in [0.25, 0.3) is 11.3 Å². The van der Waals surface area contributed by atoms with Crippen molar-refractivity contribution in [3.63, 3.8) is 0 Å². The van der Waals surface area contributed by atoms with E-state index in [0.717, 1.165) is 22.6 Å². The Morgan fingerprint density at radius 1 is 0.964 bits per heavy atom. The van der Waals surface area contributed by atoms with Crippen LogP contribution in [0, 0.1) is 0 Å². The van der Waals surface area contributed by atoms with Crippen molar-refractivity contribution in [2.75, 3.05) is 21.3 Å². The summed E-state index contributed by atoms with van der Waals surface area (Å²) in [6.45, 7) is 1.92. The second-order valence-corrected chi connectivity index (χ2v) is 6.92. The molecule has 0 aliphatic heterocycles. The fourth-order valence-electron chi connectivity index (χ4n) is 2.75. The van der Waals surface area contributed by atoms with Gasteiger partial charge in [-0.1, -0.05) is 6.07 Å². The van der Waals surface area contributed by atoms with E-state index in [-0.39, 0.29) is 11.9 Å². The maximum absolute atomic E-state index is 12.6. The van der Waals surface area contributed by atoms with E-state index >= 15 is 0 Å². The number of nitrogens with zero attached hydrogens (tertiary/aromatic N) is 1. The Hall–Kier alpha value is -3.06. The maximum atomic E-state index is 12.6. The van der Waals surface area contributed by atoms with Gasteiger partial charge in [0.2, 0.25) is 0 Å². The van der Waals surface area contributed by atoms with E-state index < -0.39 is 0 Å². The van der Waals surface area contributed by atoms with Crippen LogP contribution < -0.4 is 19.5 Å². The van der Waals surface area contributed by atoms with Crippen molar-refractivity contribution in [2.24, 2.45) is 0 Å². The quantitative estimate of drug-likeness (QED) is 0.642. The van der Waals surface area contributed by atoms with Gasteiger partial charge < -0.3 is 19.5 Å². The average molecular weight is 398 g/mol. The Kier molecular flexibility index (Phi) is 6.16. The van der Waals surface area contributed by atoms with E-state index in [1.54, 1.807) is 27.4 Å². The van der Waals surface area contributed by atoms with Crippen molar-refractivity contribution in [3.05, 3.63) is 59.0 Å². The number of hydrogen-bond acceptors (Lipinski definition) is 6. The number of ether oxygens (including phenoxy) is 3. The van der Waals surface area contributed by atoms with Crippen molar-refractivity contribution >= 4 is 17.4 Å². The van der Waals surface area contributed by atoms with Crippen LogP contribution in [0.3, 0.4) is 0 Å². The van der Waals surface area contributed by atoms with Crippen molar-refractivity contribution in [1.82, 2.24) is 9.69 Å². The van der Waals surface area contributed by atoms with Gasteiger partial charge in [0.15, 0.2) is 11.5 Å². The van der Waals surface area contributed by atoms with Crippen LogP contribution in [0.1, 0.15) is 28.2 Å². The number of benzene rings is 2.